The highest BCUT2D eigenvalue weighted by atomic mass is 16.5. The summed E-state index contributed by atoms with van der Waals surface area (Å²) in [6.45, 7) is 0.0146. The van der Waals surface area contributed by atoms with Crippen molar-refractivity contribution in [2.75, 3.05) is 6.61 Å². The third-order valence-electron chi connectivity index (χ3n) is 5.20. The lowest BCUT2D eigenvalue weighted by molar-refractivity contribution is -0.124. The number of ether oxygens (including phenoxy) is 2. The molecule has 0 saturated heterocycles. The highest BCUT2D eigenvalue weighted by Gasteiger charge is 2.24. The van der Waals surface area contributed by atoms with Gasteiger partial charge in [-0.1, -0.05) is 42.5 Å². The average Bonchev–Trinajstić information content (AvgIpc) is 2.81. The van der Waals surface area contributed by atoms with E-state index in [2.05, 4.69) is 27.4 Å². The average molecular weight is 403 g/mol. The van der Waals surface area contributed by atoms with E-state index in [0.717, 1.165) is 36.8 Å². The molecule has 6 nitrogen and oxygen atoms in total. The molecule has 1 heterocycles. The lowest BCUT2D eigenvalue weighted by Crippen LogP contribution is -2.41. The summed E-state index contributed by atoms with van der Waals surface area (Å²) in [4.78, 5) is 20.4. The minimum Gasteiger partial charge on any atom is -0.484 e. The molecule has 1 fully saturated rings. The number of nitrogens with zero attached hydrogens (tertiary/aromatic N) is 2. The number of hydrogen-bond donors (Lipinski definition) is 1. The highest BCUT2D eigenvalue weighted by molar-refractivity contribution is 5.77. The second-order valence-electron chi connectivity index (χ2n) is 7.38. The molecule has 0 spiro atoms. The predicted octanol–water partition coefficient (Wildman–Crippen LogP) is 4.03. The summed E-state index contributed by atoms with van der Waals surface area (Å²) in [6, 6.07) is 18.1. The van der Waals surface area contributed by atoms with E-state index >= 15 is 0 Å². The van der Waals surface area contributed by atoms with Crippen LogP contribution in [0.1, 0.15) is 25.7 Å². The van der Waals surface area contributed by atoms with Gasteiger partial charge in [-0.05, 0) is 48.9 Å². The van der Waals surface area contributed by atoms with Crippen LogP contribution in [0, 0.1) is 0 Å². The van der Waals surface area contributed by atoms with Crippen LogP contribution in [0.2, 0.25) is 0 Å². The van der Waals surface area contributed by atoms with Crippen LogP contribution in [0.5, 0.6) is 11.6 Å². The molecule has 0 unspecified atom stereocenters. The van der Waals surface area contributed by atoms with E-state index in [4.69, 9.17) is 9.47 Å². The Kier molecular flexibility index (Phi) is 6.54. The molecule has 2 aromatic carbocycles. The highest BCUT2D eigenvalue weighted by Crippen LogP contribution is 2.23. The normalized spacial score (nSPS) is 18.4. The van der Waals surface area contributed by atoms with Gasteiger partial charge in [-0.15, -0.1) is 0 Å². The minimum absolute atomic E-state index is 0.0146. The predicted molar refractivity (Wildman–Crippen MR) is 114 cm³/mol. The lowest BCUT2D eigenvalue weighted by Gasteiger charge is -2.29. The molecule has 154 valence electrons. The number of amides is 1. The van der Waals surface area contributed by atoms with Crippen LogP contribution in [0.15, 0.2) is 73.2 Å². The Labute approximate surface area is 176 Å². The maximum Gasteiger partial charge on any atom is 0.258 e. The molecule has 1 aromatic heterocycles. The van der Waals surface area contributed by atoms with E-state index in [1.54, 1.807) is 18.6 Å². The Hall–Kier alpha value is -3.41. The van der Waals surface area contributed by atoms with Crippen LogP contribution < -0.4 is 14.8 Å². The zero-order valence-corrected chi connectivity index (χ0v) is 16.7. The standard InChI is InChI=1S/C24H25N3O3/c28-23(17-29-21-10-6-19(7-11-21)18-4-2-1-3-5-18)27-20-8-12-22(13-9-20)30-24-16-25-14-15-26-24/h1-7,10-11,14-16,20,22H,8-9,12-13,17H2,(H,27,28). The van der Waals surface area contributed by atoms with Gasteiger partial charge in [-0.25, -0.2) is 4.98 Å². The Balaban J connectivity index is 1.18. The second kappa shape index (κ2) is 9.87. The molecule has 1 aliphatic carbocycles. The van der Waals surface area contributed by atoms with Crippen molar-refractivity contribution in [2.24, 2.45) is 0 Å². The van der Waals surface area contributed by atoms with E-state index in [1.807, 2.05) is 42.5 Å². The van der Waals surface area contributed by atoms with Gasteiger partial charge >= 0.3 is 0 Å². The van der Waals surface area contributed by atoms with Gasteiger partial charge < -0.3 is 14.8 Å². The van der Waals surface area contributed by atoms with Crippen LogP contribution >= 0.6 is 0 Å². The van der Waals surface area contributed by atoms with Gasteiger partial charge in [-0.2, -0.15) is 0 Å². The number of nitrogens with one attached hydrogen (secondary N) is 1. The Bertz CT molecular complexity index is 925. The second-order valence-corrected chi connectivity index (χ2v) is 7.38. The molecule has 3 aromatic rings. The summed E-state index contributed by atoms with van der Waals surface area (Å²) >= 11 is 0. The topological polar surface area (TPSA) is 73.3 Å². The lowest BCUT2D eigenvalue weighted by atomic mass is 9.93. The Morgan fingerprint density at radius 2 is 1.67 bits per heavy atom. The van der Waals surface area contributed by atoms with Crippen molar-refractivity contribution < 1.29 is 14.3 Å². The number of rotatable bonds is 7. The van der Waals surface area contributed by atoms with Crippen LogP contribution in [0.3, 0.4) is 0 Å². The molecule has 30 heavy (non-hydrogen) atoms. The molecule has 1 saturated carbocycles. The first-order chi connectivity index (χ1) is 14.8. The first-order valence-corrected chi connectivity index (χ1v) is 10.3. The minimum atomic E-state index is -0.0968. The van der Waals surface area contributed by atoms with Gasteiger partial charge in [0.25, 0.3) is 5.91 Å². The van der Waals surface area contributed by atoms with Crippen LogP contribution in [-0.2, 0) is 4.79 Å². The molecule has 0 aliphatic heterocycles. The van der Waals surface area contributed by atoms with Crippen molar-refractivity contribution in [3.8, 4) is 22.8 Å². The summed E-state index contributed by atoms with van der Waals surface area (Å²) in [5.74, 6) is 1.14. The number of aromatic nitrogens is 2. The summed E-state index contributed by atoms with van der Waals surface area (Å²) < 4.78 is 11.5. The maximum absolute atomic E-state index is 12.3. The summed E-state index contributed by atoms with van der Waals surface area (Å²) in [7, 11) is 0. The third kappa shape index (κ3) is 5.56. The summed E-state index contributed by atoms with van der Waals surface area (Å²) in [6.07, 6.45) is 8.50. The van der Waals surface area contributed by atoms with Crippen molar-refractivity contribution in [3.63, 3.8) is 0 Å². The fourth-order valence-corrected chi connectivity index (χ4v) is 3.63. The van der Waals surface area contributed by atoms with E-state index in [9.17, 15) is 4.79 Å². The van der Waals surface area contributed by atoms with E-state index in [0.29, 0.717) is 11.6 Å². The Morgan fingerprint density at radius 1 is 0.933 bits per heavy atom. The summed E-state index contributed by atoms with van der Waals surface area (Å²) in [5.41, 5.74) is 2.27. The van der Waals surface area contributed by atoms with Gasteiger partial charge in [0.05, 0.1) is 6.20 Å². The zero-order chi connectivity index (χ0) is 20.6. The molecular weight excluding hydrogens is 378 g/mol. The van der Waals surface area contributed by atoms with Gasteiger partial charge in [0.1, 0.15) is 11.9 Å². The largest absolute Gasteiger partial charge is 0.484 e. The number of hydrogen-bond acceptors (Lipinski definition) is 5. The number of carbonyl (C=O) groups excluding carboxylic acids is 1. The third-order valence-corrected chi connectivity index (χ3v) is 5.20. The first-order valence-electron chi connectivity index (χ1n) is 10.3. The van der Waals surface area contributed by atoms with Crippen molar-refractivity contribution >= 4 is 5.91 Å². The van der Waals surface area contributed by atoms with Crippen LogP contribution in [-0.4, -0.2) is 34.6 Å². The van der Waals surface area contributed by atoms with Crippen molar-refractivity contribution in [2.45, 2.75) is 37.8 Å². The number of carbonyl (C=O) groups is 1. The molecule has 1 N–H and O–H groups in total. The SMILES string of the molecule is O=C(COc1ccc(-c2ccccc2)cc1)NC1CCC(Oc2cnccn2)CC1. The first kappa shape index (κ1) is 19.9. The molecule has 1 amide bonds. The zero-order valence-electron chi connectivity index (χ0n) is 16.7. The molecule has 0 atom stereocenters. The molecule has 0 radical (unpaired) electrons. The fourth-order valence-electron chi connectivity index (χ4n) is 3.63. The van der Waals surface area contributed by atoms with Gasteiger partial charge in [0, 0.05) is 18.4 Å². The van der Waals surface area contributed by atoms with Crippen LogP contribution in [0.25, 0.3) is 11.1 Å². The molecular formula is C24H25N3O3. The quantitative estimate of drug-likeness (QED) is 0.645. The molecule has 4 rings (SSSR count). The van der Waals surface area contributed by atoms with Crippen LogP contribution in [0.4, 0.5) is 0 Å². The van der Waals surface area contributed by atoms with Gasteiger partial charge in [0.15, 0.2) is 6.61 Å². The van der Waals surface area contributed by atoms with E-state index in [-0.39, 0.29) is 24.7 Å². The monoisotopic (exact) mass is 403 g/mol. The maximum atomic E-state index is 12.3. The molecule has 1 aliphatic rings. The smallest absolute Gasteiger partial charge is 0.258 e. The number of benzene rings is 2. The van der Waals surface area contributed by atoms with Crippen molar-refractivity contribution in [1.82, 2.24) is 15.3 Å². The summed E-state index contributed by atoms with van der Waals surface area (Å²) in [5, 5.41) is 3.06. The Morgan fingerprint density at radius 3 is 2.37 bits per heavy atom. The van der Waals surface area contributed by atoms with Crippen molar-refractivity contribution in [1.29, 1.82) is 0 Å². The molecule has 0 bridgehead atoms. The van der Waals surface area contributed by atoms with E-state index in [1.165, 1.54) is 0 Å². The fraction of sp³-hybridized carbons (Fsp3) is 0.292. The van der Waals surface area contributed by atoms with Gasteiger partial charge in [0.2, 0.25) is 5.88 Å². The van der Waals surface area contributed by atoms with Crippen molar-refractivity contribution in [3.05, 3.63) is 73.2 Å². The molecule has 6 heteroatoms. The van der Waals surface area contributed by atoms with E-state index < -0.39 is 0 Å². The van der Waals surface area contributed by atoms with Gasteiger partial charge in [-0.3, -0.25) is 9.78 Å².